The van der Waals surface area contributed by atoms with Crippen LogP contribution in [-0.2, 0) is 16.6 Å². The molecule has 1 fully saturated rings. The number of likely N-dealkylation sites (N-methyl/N-ethyl adjacent to an activating group) is 1. The highest BCUT2D eigenvalue weighted by Gasteiger charge is 2.31. The molecule has 108 valence electrons. The third-order valence-electron chi connectivity index (χ3n) is 3.42. The molecule has 0 bridgehead atoms. The molecular weight excluding hydrogens is 282 g/mol. The molecule has 0 amide bonds. The maximum absolute atomic E-state index is 12.7. The van der Waals surface area contributed by atoms with Crippen molar-refractivity contribution in [2.45, 2.75) is 30.8 Å². The van der Waals surface area contributed by atoms with Crippen LogP contribution in [0.15, 0.2) is 16.3 Å². The summed E-state index contributed by atoms with van der Waals surface area (Å²) in [4.78, 5) is 3.46. The predicted octanol–water partition coefficient (Wildman–Crippen LogP) is 0.921. The number of nitrogens with two attached hydrogens (primary N) is 1. The monoisotopic (exact) mass is 303 g/mol. The Balaban J connectivity index is 2.27. The highest BCUT2D eigenvalue weighted by molar-refractivity contribution is 7.89. The van der Waals surface area contributed by atoms with Crippen LogP contribution in [0.1, 0.15) is 18.2 Å². The van der Waals surface area contributed by atoms with E-state index in [0.29, 0.717) is 18.0 Å². The Morgan fingerprint density at radius 1 is 1.47 bits per heavy atom. The Bertz CT molecular complexity index is 527. The molecular formula is C12H21N3O2S2. The molecule has 2 N–H and O–H groups in total. The van der Waals surface area contributed by atoms with Crippen molar-refractivity contribution < 1.29 is 8.42 Å². The van der Waals surface area contributed by atoms with Crippen molar-refractivity contribution in [3.63, 3.8) is 0 Å². The standard InChI is InChI=1S/C12H21N3O2S2/c1-10-8-14(2)4-3-5-15(10)19(16,17)12-6-11(7-13)18-9-12/h6,9-10H,3-5,7-8,13H2,1-2H3. The summed E-state index contributed by atoms with van der Waals surface area (Å²) in [7, 11) is -1.35. The molecule has 1 aromatic heterocycles. The average Bonchev–Trinajstić information content (AvgIpc) is 2.76. The van der Waals surface area contributed by atoms with Crippen molar-refractivity contribution in [3.8, 4) is 0 Å². The zero-order valence-electron chi connectivity index (χ0n) is 11.4. The van der Waals surface area contributed by atoms with Crippen molar-refractivity contribution in [1.29, 1.82) is 0 Å². The van der Waals surface area contributed by atoms with Gasteiger partial charge in [0.15, 0.2) is 0 Å². The highest BCUT2D eigenvalue weighted by atomic mass is 32.2. The molecule has 1 atom stereocenters. The van der Waals surface area contributed by atoms with E-state index in [9.17, 15) is 8.42 Å². The SMILES string of the molecule is CC1CN(C)CCCN1S(=O)(=O)c1csc(CN)c1. The van der Waals surface area contributed by atoms with Gasteiger partial charge >= 0.3 is 0 Å². The van der Waals surface area contributed by atoms with Crippen LogP contribution >= 0.6 is 11.3 Å². The van der Waals surface area contributed by atoms with Crippen molar-refractivity contribution in [2.75, 3.05) is 26.7 Å². The van der Waals surface area contributed by atoms with E-state index in [0.717, 1.165) is 24.4 Å². The minimum atomic E-state index is -3.39. The Labute approximate surface area is 119 Å². The molecule has 0 saturated carbocycles. The van der Waals surface area contributed by atoms with Gasteiger partial charge in [0.05, 0.1) is 4.90 Å². The van der Waals surface area contributed by atoms with Crippen LogP contribution in [-0.4, -0.2) is 50.3 Å². The summed E-state index contributed by atoms with van der Waals surface area (Å²) >= 11 is 1.41. The van der Waals surface area contributed by atoms with E-state index in [1.54, 1.807) is 15.8 Å². The molecule has 19 heavy (non-hydrogen) atoms. The first kappa shape index (κ1) is 14.9. The van der Waals surface area contributed by atoms with Crippen LogP contribution in [0, 0.1) is 0 Å². The maximum atomic E-state index is 12.7. The fraction of sp³-hybridized carbons (Fsp3) is 0.667. The normalized spacial score (nSPS) is 23.4. The van der Waals surface area contributed by atoms with Crippen LogP contribution in [0.2, 0.25) is 0 Å². The van der Waals surface area contributed by atoms with Crippen molar-refractivity contribution in [1.82, 2.24) is 9.21 Å². The molecule has 1 aliphatic heterocycles. The fourth-order valence-corrected chi connectivity index (χ4v) is 5.25. The summed E-state index contributed by atoms with van der Waals surface area (Å²) in [6, 6.07) is 1.69. The van der Waals surface area contributed by atoms with Gasteiger partial charge in [0, 0.05) is 35.9 Å². The van der Waals surface area contributed by atoms with Gasteiger partial charge in [0.2, 0.25) is 10.0 Å². The molecule has 0 aliphatic carbocycles. The van der Waals surface area contributed by atoms with Crippen LogP contribution in [0.3, 0.4) is 0 Å². The van der Waals surface area contributed by atoms with E-state index in [4.69, 9.17) is 5.73 Å². The first-order chi connectivity index (χ1) is 8.95. The number of rotatable bonds is 3. The van der Waals surface area contributed by atoms with Gasteiger partial charge in [0.25, 0.3) is 0 Å². The van der Waals surface area contributed by atoms with Crippen LogP contribution < -0.4 is 5.73 Å². The van der Waals surface area contributed by atoms with Crippen LogP contribution in [0.25, 0.3) is 0 Å². The first-order valence-corrected chi connectivity index (χ1v) is 8.75. The summed E-state index contributed by atoms with van der Waals surface area (Å²) in [5.74, 6) is 0. The smallest absolute Gasteiger partial charge is 0.244 e. The number of hydrogen-bond donors (Lipinski definition) is 1. The number of nitrogens with zero attached hydrogens (tertiary/aromatic N) is 2. The summed E-state index contributed by atoms with van der Waals surface area (Å²) < 4.78 is 26.9. The summed E-state index contributed by atoms with van der Waals surface area (Å²) in [6.45, 7) is 4.65. The largest absolute Gasteiger partial charge is 0.326 e. The van der Waals surface area contributed by atoms with Gasteiger partial charge in [0.1, 0.15) is 0 Å². The van der Waals surface area contributed by atoms with Gasteiger partial charge in [-0.25, -0.2) is 8.42 Å². The molecule has 1 saturated heterocycles. The topological polar surface area (TPSA) is 66.6 Å². The molecule has 2 heterocycles. The van der Waals surface area contributed by atoms with E-state index in [1.807, 2.05) is 14.0 Å². The lowest BCUT2D eigenvalue weighted by molar-refractivity contribution is 0.290. The van der Waals surface area contributed by atoms with E-state index in [1.165, 1.54) is 11.3 Å². The molecule has 2 rings (SSSR count). The summed E-state index contributed by atoms with van der Waals surface area (Å²) in [6.07, 6.45) is 0.869. The lowest BCUT2D eigenvalue weighted by atomic mass is 10.3. The van der Waals surface area contributed by atoms with E-state index >= 15 is 0 Å². The second kappa shape index (κ2) is 5.88. The number of sulfonamides is 1. The molecule has 7 heteroatoms. The predicted molar refractivity (Wildman–Crippen MR) is 77.7 cm³/mol. The minimum absolute atomic E-state index is 0.00118. The number of hydrogen-bond acceptors (Lipinski definition) is 5. The van der Waals surface area contributed by atoms with E-state index in [-0.39, 0.29) is 6.04 Å². The van der Waals surface area contributed by atoms with Crippen molar-refractivity contribution in [2.24, 2.45) is 5.73 Å². The Morgan fingerprint density at radius 3 is 2.84 bits per heavy atom. The second-order valence-electron chi connectivity index (χ2n) is 5.03. The van der Waals surface area contributed by atoms with Crippen molar-refractivity contribution in [3.05, 3.63) is 16.3 Å². The second-order valence-corrected chi connectivity index (χ2v) is 7.92. The minimum Gasteiger partial charge on any atom is -0.326 e. The molecule has 1 aliphatic rings. The van der Waals surface area contributed by atoms with Gasteiger partial charge in [-0.2, -0.15) is 4.31 Å². The number of thiophene rings is 1. The maximum Gasteiger partial charge on any atom is 0.244 e. The van der Waals surface area contributed by atoms with Gasteiger partial charge in [-0.1, -0.05) is 0 Å². The average molecular weight is 303 g/mol. The van der Waals surface area contributed by atoms with E-state index in [2.05, 4.69) is 4.90 Å². The molecule has 0 aromatic carbocycles. The molecule has 1 unspecified atom stereocenters. The van der Waals surface area contributed by atoms with E-state index < -0.39 is 10.0 Å². The van der Waals surface area contributed by atoms with Crippen LogP contribution in [0.5, 0.6) is 0 Å². The van der Waals surface area contributed by atoms with Gasteiger partial charge in [-0.05, 0) is 33.0 Å². The molecule has 1 aromatic rings. The Morgan fingerprint density at radius 2 is 2.21 bits per heavy atom. The molecule has 5 nitrogen and oxygen atoms in total. The lowest BCUT2D eigenvalue weighted by Crippen LogP contribution is -2.41. The third kappa shape index (κ3) is 3.17. The Kier molecular flexibility index (Phi) is 4.62. The molecule has 0 radical (unpaired) electrons. The zero-order chi connectivity index (χ0) is 14.0. The quantitative estimate of drug-likeness (QED) is 0.902. The lowest BCUT2D eigenvalue weighted by Gasteiger charge is -2.26. The summed E-state index contributed by atoms with van der Waals surface area (Å²) in [5.41, 5.74) is 5.55. The fourth-order valence-electron chi connectivity index (χ4n) is 2.45. The third-order valence-corrected chi connectivity index (χ3v) is 6.52. The zero-order valence-corrected chi connectivity index (χ0v) is 13.0. The van der Waals surface area contributed by atoms with Gasteiger partial charge in [-0.15, -0.1) is 11.3 Å². The first-order valence-electron chi connectivity index (χ1n) is 6.43. The summed E-state index contributed by atoms with van der Waals surface area (Å²) in [5, 5.41) is 1.69. The Hall–Kier alpha value is -0.470. The van der Waals surface area contributed by atoms with Gasteiger partial charge < -0.3 is 10.6 Å². The van der Waals surface area contributed by atoms with Gasteiger partial charge in [-0.3, -0.25) is 0 Å². The molecule has 0 spiro atoms. The van der Waals surface area contributed by atoms with Crippen molar-refractivity contribution >= 4 is 21.4 Å². The highest BCUT2D eigenvalue weighted by Crippen LogP contribution is 2.25. The van der Waals surface area contributed by atoms with Crippen LogP contribution in [0.4, 0.5) is 0 Å².